The van der Waals surface area contributed by atoms with E-state index >= 15 is 0 Å². The van der Waals surface area contributed by atoms with Crippen molar-refractivity contribution < 1.29 is 19.7 Å². The fourth-order valence-electron chi connectivity index (χ4n) is 1.38. The number of nitrogens with zero attached hydrogens (tertiary/aromatic N) is 3. The number of anilines is 1. The summed E-state index contributed by atoms with van der Waals surface area (Å²) in [5, 5.41) is 29.9. The monoisotopic (exact) mass is 255 g/mol. The number of nitro benzene ring substituents is 2. The van der Waals surface area contributed by atoms with Gasteiger partial charge in [-0.1, -0.05) is 0 Å². The molecule has 0 unspecified atom stereocenters. The first-order valence-corrected chi connectivity index (χ1v) is 4.68. The zero-order valence-corrected chi connectivity index (χ0v) is 9.27. The van der Waals surface area contributed by atoms with E-state index < -0.39 is 33.7 Å². The van der Waals surface area contributed by atoms with Crippen LogP contribution in [-0.4, -0.2) is 34.5 Å². The van der Waals surface area contributed by atoms with Crippen molar-refractivity contribution in [1.82, 2.24) is 0 Å². The minimum Gasteiger partial charge on any atom is -0.480 e. The summed E-state index contributed by atoms with van der Waals surface area (Å²) in [7, 11) is 1.35. The Morgan fingerprint density at radius 2 is 1.94 bits per heavy atom. The second-order valence-electron chi connectivity index (χ2n) is 3.44. The summed E-state index contributed by atoms with van der Waals surface area (Å²) in [6, 6.07) is 3.04. The lowest BCUT2D eigenvalue weighted by molar-refractivity contribution is -0.393. The van der Waals surface area contributed by atoms with Crippen LogP contribution in [0.4, 0.5) is 17.1 Å². The first-order chi connectivity index (χ1) is 8.32. The van der Waals surface area contributed by atoms with E-state index in [-0.39, 0.29) is 5.69 Å². The molecule has 0 aromatic heterocycles. The Morgan fingerprint density at radius 3 is 2.39 bits per heavy atom. The van der Waals surface area contributed by atoms with E-state index in [1.165, 1.54) is 7.05 Å². The number of hydrogen-bond donors (Lipinski definition) is 1. The molecule has 0 heterocycles. The molecule has 1 rings (SSSR count). The van der Waals surface area contributed by atoms with E-state index in [4.69, 9.17) is 5.11 Å². The molecule has 0 radical (unpaired) electrons. The molecule has 0 saturated heterocycles. The third kappa shape index (κ3) is 2.90. The van der Waals surface area contributed by atoms with E-state index in [0.29, 0.717) is 0 Å². The lowest BCUT2D eigenvalue weighted by atomic mass is 10.2. The maximum Gasteiger partial charge on any atom is 0.323 e. The average Bonchev–Trinajstić information content (AvgIpc) is 2.26. The number of nitro groups is 2. The zero-order chi connectivity index (χ0) is 13.9. The molecule has 0 aliphatic rings. The molecule has 0 atom stereocenters. The highest BCUT2D eigenvalue weighted by Gasteiger charge is 2.22. The Labute approximate surface area is 101 Å². The molecule has 1 N–H and O–H groups in total. The Hall–Kier alpha value is -2.71. The standard InChI is InChI=1S/C9H9N3O6/c1-10(5-9(13)14)7-3-2-6(11(15)16)4-8(7)12(17)18/h2-4H,5H2,1H3,(H,13,14). The summed E-state index contributed by atoms with van der Waals surface area (Å²) in [5.41, 5.74) is -0.921. The number of carbonyl (C=O) groups is 1. The Bertz CT molecular complexity index is 515. The second-order valence-corrected chi connectivity index (χ2v) is 3.44. The lowest BCUT2D eigenvalue weighted by Gasteiger charge is -2.16. The summed E-state index contributed by atoms with van der Waals surface area (Å²) in [6.07, 6.45) is 0. The fraction of sp³-hybridized carbons (Fsp3) is 0.222. The highest BCUT2D eigenvalue weighted by atomic mass is 16.6. The molecule has 0 saturated carbocycles. The predicted octanol–water partition coefficient (Wildman–Crippen LogP) is 1.02. The van der Waals surface area contributed by atoms with Gasteiger partial charge in [0.1, 0.15) is 12.2 Å². The topological polar surface area (TPSA) is 127 Å². The number of benzene rings is 1. The number of aliphatic carboxylic acids is 1. The van der Waals surface area contributed by atoms with E-state index in [1.807, 2.05) is 0 Å². The Balaban J connectivity index is 3.23. The summed E-state index contributed by atoms with van der Waals surface area (Å²) in [5.74, 6) is -1.16. The molecular weight excluding hydrogens is 246 g/mol. The van der Waals surface area contributed by atoms with E-state index in [1.54, 1.807) is 0 Å². The first kappa shape index (κ1) is 13.4. The van der Waals surface area contributed by atoms with Crippen molar-refractivity contribution in [2.75, 3.05) is 18.5 Å². The van der Waals surface area contributed by atoms with Crippen LogP contribution in [0.3, 0.4) is 0 Å². The molecule has 1 aromatic carbocycles. The first-order valence-electron chi connectivity index (χ1n) is 4.68. The van der Waals surface area contributed by atoms with Crippen LogP contribution in [0.1, 0.15) is 0 Å². The largest absolute Gasteiger partial charge is 0.480 e. The summed E-state index contributed by atoms with van der Waals surface area (Å²) < 4.78 is 0. The second kappa shape index (κ2) is 5.08. The van der Waals surface area contributed by atoms with Crippen molar-refractivity contribution in [1.29, 1.82) is 0 Å². The maximum atomic E-state index is 10.8. The van der Waals surface area contributed by atoms with Crippen LogP contribution in [0, 0.1) is 20.2 Å². The van der Waals surface area contributed by atoms with Crippen LogP contribution in [0.5, 0.6) is 0 Å². The number of carboxylic acids is 1. The highest BCUT2D eigenvalue weighted by molar-refractivity contribution is 5.76. The highest BCUT2D eigenvalue weighted by Crippen LogP contribution is 2.31. The van der Waals surface area contributed by atoms with Crippen molar-refractivity contribution in [3.05, 3.63) is 38.4 Å². The molecule has 0 amide bonds. The van der Waals surface area contributed by atoms with Crippen LogP contribution in [0.15, 0.2) is 18.2 Å². The molecule has 0 aliphatic heterocycles. The van der Waals surface area contributed by atoms with Gasteiger partial charge in [0, 0.05) is 13.1 Å². The molecule has 9 heteroatoms. The number of hydrogen-bond acceptors (Lipinski definition) is 6. The van der Waals surface area contributed by atoms with Crippen LogP contribution in [0.25, 0.3) is 0 Å². The van der Waals surface area contributed by atoms with Crippen LogP contribution < -0.4 is 4.90 Å². The van der Waals surface area contributed by atoms with Gasteiger partial charge in [0.2, 0.25) is 0 Å². The van der Waals surface area contributed by atoms with Gasteiger partial charge in [-0.25, -0.2) is 0 Å². The zero-order valence-electron chi connectivity index (χ0n) is 9.27. The smallest absolute Gasteiger partial charge is 0.323 e. The normalized spacial score (nSPS) is 9.83. The Morgan fingerprint density at radius 1 is 1.33 bits per heavy atom. The maximum absolute atomic E-state index is 10.8. The molecule has 96 valence electrons. The minimum atomic E-state index is -1.16. The number of rotatable bonds is 5. The van der Waals surface area contributed by atoms with Crippen LogP contribution in [0.2, 0.25) is 0 Å². The molecule has 0 bridgehead atoms. The third-order valence-corrected chi connectivity index (χ3v) is 2.15. The SMILES string of the molecule is CN(CC(=O)O)c1ccc([N+](=O)[O-])cc1[N+](=O)[O-]. The van der Waals surface area contributed by atoms with Gasteiger partial charge in [-0.05, 0) is 6.07 Å². The van der Waals surface area contributed by atoms with Crippen LogP contribution in [-0.2, 0) is 4.79 Å². The summed E-state index contributed by atoms with van der Waals surface area (Å²) in [6.45, 7) is -0.446. The fourth-order valence-corrected chi connectivity index (χ4v) is 1.38. The average molecular weight is 255 g/mol. The van der Waals surface area contributed by atoms with Gasteiger partial charge >= 0.3 is 5.97 Å². The molecule has 0 aliphatic carbocycles. The molecule has 9 nitrogen and oxygen atoms in total. The van der Waals surface area contributed by atoms with Crippen molar-refractivity contribution in [3.8, 4) is 0 Å². The quantitative estimate of drug-likeness (QED) is 0.614. The van der Waals surface area contributed by atoms with Crippen molar-refractivity contribution in [3.63, 3.8) is 0 Å². The number of carboxylic acid groups (broad SMARTS) is 1. The molecule has 0 spiro atoms. The van der Waals surface area contributed by atoms with Gasteiger partial charge in [-0.2, -0.15) is 0 Å². The van der Waals surface area contributed by atoms with Gasteiger partial charge in [-0.3, -0.25) is 25.0 Å². The summed E-state index contributed by atoms with van der Waals surface area (Å²) >= 11 is 0. The third-order valence-electron chi connectivity index (χ3n) is 2.15. The van der Waals surface area contributed by atoms with E-state index in [0.717, 1.165) is 23.1 Å². The lowest BCUT2D eigenvalue weighted by Crippen LogP contribution is -2.25. The van der Waals surface area contributed by atoms with Crippen molar-refractivity contribution >= 4 is 23.0 Å². The van der Waals surface area contributed by atoms with Gasteiger partial charge in [0.15, 0.2) is 0 Å². The van der Waals surface area contributed by atoms with Crippen molar-refractivity contribution in [2.24, 2.45) is 0 Å². The van der Waals surface area contributed by atoms with Crippen LogP contribution >= 0.6 is 0 Å². The van der Waals surface area contributed by atoms with Gasteiger partial charge in [0.25, 0.3) is 11.4 Å². The summed E-state index contributed by atoms with van der Waals surface area (Å²) in [4.78, 5) is 31.4. The molecule has 0 fully saturated rings. The molecular formula is C9H9N3O6. The number of likely N-dealkylation sites (N-methyl/N-ethyl adjacent to an activating group) is 1. The minimum absolute atomic E-state index is 0.00741. The van der Waals surface area contributed by atoms with Gasteiger partial charge < -0.3 is 10.0 Å². The molecule has 1 aromatic rings. The Kier molecular flexibility index (Phi) is 3.77. The van der Waals surface area contributed by atoms with Gasteiger partial charge in [-0.15, -0.1) is 0 Å². The predicted molar refractivity (Wildman–Crippen MR) is 60.7 cm³/mol. The van der Waals surface area contributed by atoms with Gasteiger partial charge in [0.05, 0.1) is 15.9 Å². The van der Waals surface area contributed by atoms with E-state index in [9.17, 15) is 25.0 Å². The van der Waals surface area contributed by atoms with Crippen molar-refractivity contribution in [2.45, 2.75) is 0 Å². The van der Waals surface area contributed by atoms with E-state index in [2.05, 4.69) is 0 Å². The number of non-ortho nitro benzene ring substituents is 1. The molecule has 18 heavy (non-hydrogen) atoms.